The summed E-state index contributed by atoms with van der Waals surface area (Å²) in [6.07, 6.45) is 3.93. The molecule has 0 aromatic heterocycles. The first-order chi connectivity index (χ1) is 9.17. The summed E-state index contributed by atoms with van der Waals surface area (Å²) in [7, 11) is 0. The molecule has 0 heterocycles. The number of hydrogen-bond donors (Lipinski definition) is 1. The molecule has 19 heavy (non-hydrogen) atoms. The Hall–Kier alpha value is -1.51. The number of carbonyl (C=O) groups is 1. The number of rotatable bonds is 5. The summed E-state index contributed by atoms with van der Waals surface area (Å²) in [5.74, 6) is 1.73. The van der Waals surface area contributed by atoms with Crippen LogP contribution in [-0.2, 0) is 11.2 Å². The van der Waals surface area contributed by atoms with Crippen LogP contribution in [0.15, 0.2) is 24.3 Å². The van der Waals surface area contributed by atoms with Gasteiger partial charge in [0.15, 0.2) is 0 Å². The normalized spacial score (nSPS) is 22.2. The fraction of sp³-hybridized carbons (Fsp3) is 0.562. The molecule has 104 valence electrons. The number of carbonyl (C=O) groups excluding carboxylic acids is 1. The summed E-state index contributed by atoms with van der Waals surface area (Å²) < 4.78 is 5.38. The van der Waals surface area contributed by atoms with Gasteiger partial charge in [-0.25, -0.2) is 0 Å². The number of nitrogens with one attached hydrogen (secondary N) is 1. The van der Waals surface area contributed by atoms with Crippen LogP contribution in [0.1, 0.15) is 38.7 Å². The van der Waals surface area contributed by atoms with Gasteiger partial charge >= 0.3 is 0 Å². The molecule has 1 aromatic carbocycles. The van der Waals surface area contributed by atoms with Crippen molar-refractivity contribution in [3.63, 3.8) is 0 Å². The molecule has 1 aliphatic rings. The van der Waals surface area contributed by atoms with Gasteiger partial charge in [-0.05, 0) is 49.8 Å². The lowest BCUT2D eigenvalue weighted by Crippen LogP contribution is -2.34. The Labute approximate surface area is 115 Å². The largest absolute Gasteiger partial charge is 0.494 e. The maximum Gasteiger partial charge on any atom is 0.224 e. The molecule has 2 rings (SSSR count). The molecule has 3 nitrogen and oxygen atoms in total. The van der Waals surface area contributed by atoms with Gasteiger partial charge in [-0.15, -0.1) is 0 Å². The van der Waals surface area contributed by atoms with E-state index in [1.165, 1.54) is 6.42 Å². The van der Waals surface area contributed by atoms with Crippen LogP contribution in [0.3, 0.4) is 0 Å². The van der Waals surface area contributed by atoms with Gasteiger partial charge in [0, 0.05) is 6.04 Å². The molecule has 0 spiro atoms. The first-order valence-corrected chi connectivity index (χ1v) is 7.18. The minimum Gasteiger partial charge on any atom is -0.494 e. The van der Waals surface area contributed by atoms with Crippen molar-refractivity contribution >= 4 is 5.91 Å². The molecular weight excluding hydrogens is 238 g/mol. The second kappa shape index (κ2) is 6.60. The van der Waals surface area contributed by atoms with Gasteiger partial charge in [-0.3, -0.25) is 4.79 Å². The van der Waals surface area contributed by atoms with Crippen molar-refractivity contribution in [3.8, 4) is 5.75 Å². The number of benzene rings is 1. The lowest BCUT2D eigenvalue weighted by molar-refractivity contribution is -0.121. The molecule has 0 radical (unpaired) electrons. The van der Waals surface area contributed by atoms with Crippen molar-refractivity contribution in [3.05, 3.63) is 29.8 Å². The summed E-state index contributed by atoms with van der Waals surface area (Å²) >= 11 is 0. The van der Waals surface area contributed by atoms with E-state index >= 15 is 0 Å². The quantitative estimate of drug-likeness (QED) is 0.885. The van der Waals surface area contributed by atoms with Crippen molar-refractivity contribution in [2.45, 2.75) is 45.6 Å². The molecule has 1 amide bonds. The Kier molecular flexibility index (Phi) is 4.83. The molecule has 1 aliphatic carbocycles. The van der Waals surface area contributed by atoms with Gasteiger partial charge in [-0.1, -0.05) is 19.1 Å². The second-order valence-electron chi connectivity index (χ2n) is 5.44. The Balaban J connectivity index is 1.81. The van der Waals surface area contributed by atoms with E-state index in [1.807, 2.05) is 31.2 Å². The van der Waals surface area contributed by atoms with E-state index in [9.17, 15) is 4.79 Å². The molecule has 1 fully saturated rings. The third-order valence-electron chi connectivity index (χ3n) is 3.66. The summed E-state index contributed by atoms with van der Waals surface area (Å²) in [4.78, 5) is 11.9. The summed E-state index contributed by atoms with van der Waals surface area (Å²) in [5, 5.41) is 3.13. The molecular formula is C16H23NO2. The summed E-state index contributed by atoms with van der Waals surface area (Å²) in [6, 6.07) is 8.14. The Morgan fingerprint density at radius 3 is 2.63 bits per heavy atom. The van der Waals surface area contributed by atoms with E-state index in [1.54, 1.807) is 0 Å². The standard InChI is InChI=1S/C16H23NO2/c1-3-19-15-8-5-13(6-9-15)11-16(18)17-14-7-4-12(2)10-14/h5-6,8-9,12,14H,3-4,7,10-11H2,1-2H3,(H,17,18). The second-order valence-corrected chi connectivity index (χ2v) is 5.44. The minimum absolute atomic E-state index is 0.128. The monoisotopic (exact) mass is 261 g/mol. The van der Waals surface area contributed by atoms with Crippen LogP contribution in [0, 0.1) is 5.92 Å². The highest BCUT2D eigenvalue weighted by molar-refractivity contribution is 5.78. The van der Waals surface area contributed by atoms with Crippen LogP contribution in [0.2, 0.25) is 0 Å². The lowest BCUT2D eigenvalue weighted by atomic mass is 10.1. The van der Waals surface area contributed by atoms with Crippen molar-refractivity contribution in [1.29, 1.82) is 0 Å². The molecule has 3 heteroatoms. The van der Waals surface area contributed by atoms with Gasteiger partial charge in [0.05, 0.1) is 13.0 Å². The van der Waals surface area contributed by atoms with Crippen molar-refractivity contribution < 1.29 is 9.53 Å². The van der Waals surface area contributed by atoms with Gasteiger partial charge in [-0.2, -0.15) is 0 Å². The highest BCUT2D eigenvalue weighted by Crippen LogP contribution is 2.24. The molecule has 0 saturated heterocycles. The van der Waals surface area contributed by atoms with Crippen LogP contribution >= 0.6 is 0 Å². The maximum absolute atomic E-state index is 11.9. The van der Waals surface area contributed by atoms with E-state index in [-0.39, 0.29) is 5.91 Å². The zero-order valence-electron chi connectivity index (χ0n) is 11.8. The SMILES string of the molecule is CCOc1ccc(CC(=O)NC2CCC(C)C2)cc1. The first-order valence-electron chi connectivity index (χ1n) is 7.18. The van der Waals surface area contributed by atoms with E-state index in [2.05, 4.69) is 12.2 Å². The van der Waals surface area contributed by atoms with E-state index in [4.69, 9.17) is 4.74 Å². The van der Waals surface area contributed by atoms with E-state index in [0.717, 1.165) is 30.1 Å². The zero-order chi connectivity index (χ0) is 13.7. The Morgan fingerprint density at radius 2 is 2.05 bits per heavy atom. The fourth-order valence-electron chi connectivity index (χ4n) is 2.67. The lowest BCUT2D eigenvalue weighted by Gasteiger charge is -2.12. The Morgan fingerprint density at radius 1 is 1.32 bits per heavy atom. The van der Waals surface area contributed by atoms with Crippen molar-refractivity contribution in [1.82, 2.24) is 5.32 Å². The predicted octanol–water partition coefficient (Wildman–Crippen LogP) is 2.93. The molecule has 0 bridgehead atoms. The topological polar surface area (TPSA) is 38.3 Å². The summed E-state index contributed by atoms with van der Waals surface area (Å²) in [6.45, 7) is 4.88. The van der Waals surface area contributed by atoms with Gasteiger partial charge in [0.25, 0.3) is 0 Å². The smallest absolute Gasteiger partial charge is 0.224 e. The van der Waals surface area contributed by atoms with Crippen LogP contribution < -0.4 is 10.1 Å². The van der Waals surface area contributed by atoms with Gasteiger partial charge in [0.1, 0.15) is 5.75 Å². The fourth-order valence-corrected chi connectivity index (χ4v) is 2.67. The highest BCUT2D eigenvalue weighted by atomic mass is 16.5. The highest BCUT2D eigenvalue weighted by Gasteiger charge is 2.22. The number of ether oxygens (including phenoxy) is 1. The van der Waals surface area contributed by atoms with Crippen LogP contribution in [-0.4, -0.2) is 18.6 Å². The van der Waals surface area contributed by atoms with Gasteiger partial charge in [0.2, 0.25) is 5.91 Å². The third-order valence-corrected chi connectivity index (χ3v) is 3.66. The zero-order valence-corrected chi connectivity index (χ0v) is 11.8. The van der Waals surface area contributed by atoms with Crippen LogP contribution in [0.4, 0.5) is 0 Å². The van der Waals surface area contributed by atoms with E-state index < -0.39 is 0 Å². The minimum atomic E-state index is 0.128. The average molecular weight is 261 g/mol. The molecule has 2 atom stereocenters. The molecule has 1 N–H and O–H groups in total. The van der Waals surface area contributed by atoms with Crippen molar-refractivity contribution in [2.75, 3.05) is 6.61 Å². The third kappa shape index (κ3) is 4.27. The number of hydrogen-bond acceptors (Lipinski definition) is 2. The molecule has 1 saturated carbocycles. The summed E-state index contributed by atoms with van der Waals surface area (Å²) in [5.41, 5.74) is 1.03. The molecule has 2 unspecified atom stereocenters. The van der Waals surface area contributed by atoms with E-state index in [0.29, 0.717) is 19.1 Å². The average Bonchev–Trinajstić information content (AvgIpc) is 2.77. The number of amides is 1. The molecule has 0 aliphatic heterocycles. The maximum atomic E-state index is 11.9. The predicted molar refractivity (Wildman–Crippen MR) is 76.3 cm³/mol. The van der Waals surface area contributed by atoms with Crippen LogP contribution in [0.5, 0.6) is 5.75 Å². The first kappa shape index (κ1) is 13.9. The molecule has 1 aromatic rings. The Bertz CT molecular complexity index is 413. The van der Waals surface area contributed by atoms with Crippen molar-refractivity contribution in [2.24, 2.45) is 5.92 Å². The van der Waals surface area contributed by atoms with Gasteiger partial charge < -0.3 is 10.1 Å². The van der Waals surface area contributed by atoms with Crippen LogP contribution in [0.25, 0.3) is 0 Å².